The molecule has 4 nitrogen and oxygen atoms in total. The quantitative estimate of drug-likeness (QED) is 0.525. The molecule has 0 unspecified atom stereocenters. The zero-order valence-corrected chi connectivity index (χ0v) is 10.9. The number of amides is 1. The Morgan fingerprint density at radius 3 is 2.47 bits per heavy atom. The van der Waals surface area contributed by atoms with E-state index in [2.05, 4.69) is 0 Å². The van der Waals surface area contributed by atoms with Gasteiger partial charge in [-0.15, -0.1) is 0 Å². The first-order chi connectivity index (χ1) is 8.10. The molecular weight excluding hydrogens is 218 g/mol. The van der Waals surface area contributed by atoms with Crippen molar-refractivity contribution < 1.29 is 14.3 Å². The van der Waals surface area contributed by atoms with Gasteiger partial charge in [0.15, 0.2) is 0 Å². The van der Waals surface area contributed by atoms with Crippen molar-refractivity contribution in [1.29, 1.82) is 0 Å². The zero-order valence-electron chi connectivity index (χ0n) is 10.9. The molecule has 4 heteroatoms. The predicted molar refractivity (Wildman–Crippen MR) is 65.4 cm³/mol. The molecule has 0 aromatic carbocycles. The Morgan fingerprint density at radius 2 is 2.00 bits per heavy atom. The predicted octanol–water partition coefficient (Wildman–Crippen LogP) is 1.90. The van der Waals surface area contributed by atoms with Crippen LogP contribution in [0.2, 0.25) is 0 Å². The van der Waals surface area contributed by atoms with Crippen molar-refractivity contribution in [2.75, 3.05) is 13.2 Å². The third-order valence-electron chi connectivity index (χ3n) is 2.70. The monoisotopic (exact) mass is 239 g/mol. The van der Waals surface area contributed by atoms with E-state index in [-0.39, 0.29) is 24.5 Å². The number of allylic oxidation sites excluding steroid dienone is 1. The first-order valence-corrected chi connectivity index (χ1v) is 6.23. The Bertz CT molecular complexity index is 319. The fourth-order valence-corrected chi connectivity index (χ4v) is 1.72. The fourth-order valence-electron chi connectivity index (χ4n) is 1.72. The summed E-state index contributed by atoms with van der Waals surface area (Å²) in [7, 11) is 0. The molecule has 1 saturated carbocycles. The van der Waals surface area contributed by atoms with Gasteiger partial charge < -0.3 is 9.64 Å². The number of rotatable bonds is 6. The highest BCUT2D eigenvalue weighted by Crippen LogP contribution is 2.28. The molecule has 17 heavy (non-hydrogen) atoms. The molecule has 0 aromatic heterocycles. The molecule has 1 rings (SSSR count). The number of carbonyl (C=O) groups excluding carboxylic acids is 2. The molecule has 1 amide bonds. The number of hydrogen-bond acceptors (Lipinski definition) is 3. The lowest BCUT2D eigenvalue weighted by Gasteiger charge is -2.21. The summed E-state index contributed by atoms with van der Waals surface area (Å²) in [5.74, 6) is -0.362. The maximum absolute atomic E-state index is 12.1. The van der Waals surface area contributed by atoms with Crippen molar-refractivity contribution >= 4 is 11.9 Å². The van der Waals surface area contributed by atoms with Crippen LogP contribution in [0.4, 0.5) is 0 Å². The van der Waals surface area contributed by atoms with Gasteiger partial charge in [-0.3, -0.25) is 9.59 Å². The van der Waals surface area contributed by atoms with Gasteiger partial charge in [0, 0.05) is 11.6 Å². The summed E-state index contributed by atoms with van der Waals surface area (Å²) in [6.45, 7) is 5.99. The average Bonchev–Trinajstić information content (AvgIpc) is 3.09. The largest absolute Gasteiger partial charge is 0.465 e. The minimum Gasteiger partial charge on any atom is -0.465 e. The van der Waals surface area contributed by atoms with E-state index < -0.39 is 0 Å². The van der Waals surface area contributed by atoms with Crippen LogP contribution in [0.5, 0.6) is 0 Å². The standard InChI is InChI=1S/C13H21NO3/c1-4-6-10(3)13(16)14(11-7-8-11)9-12(15)17-5-2/h6,11H,4-5,7-9H2,1-3H3. The summed E-state index contributed by atoms with van der Waals surface area (Å²) in [4.78, 5) is 25.2. The summed E-state index contributed by atoms with van der Waals surface area (Å²) in [5.41, 5.74) is 0.712. The van der Waals surface area contributed by atoms with Gasteiger partial charge in [0.05, 0.1) is 6.61 Å². The number of nitrogens with zero attached hydrogens (tertiary/aromatic N) is 1. The maximum Gasteiger partial charge on any atom is 0.325 e. The number of esters is 1. The summed E-state index contributed by atoms with van der Waals surface area (Å²) in [5, 5.41) is 0. The van der Waals surface area contributed by atoms with Crippen molar-refractivity contribution in [1.82, 2.24) is 4.90 Å². The lowest BCUT2D eigenvalue weighted by Crippen LogP contribution is -2.38. The molecule has 1 aliphatic rings. The normalized spacial score (nSPS) is 15.6. The van der Waals surface area contributed by atoms with Crippen LogP contribution in [0.25, 0.3) is 0 Å². The SMILES string of the molecule is CCC=C(C)C(=O)N(CC(=O)OCC)C1CC1. The van der Waals surface area contributed by atoms with Crippen LogP contribution in [0.15, 0.2) is 11.6 Å². The third kappa shape index (κ3) is 4.21. The molecular formula is C13H21NO3. The number of carbonyl (C=O) groups is 2. The molecule has 0 radical (unpaired) electrons. The van der Waals surface area contributed by atoms with Crippen LogP contribution in [0.1, 0.15) is 40.0 Å². The second-order valence-corrected chi connectivity index (χ2v) is 4.26. The second-order valence-electron chi connectivity index (χ2n) is 4.26. The fraction of sp³-hybridized carbons (Fsp3) is 0.692. The minimum atomic E-state index is -0.322. The molecule has 1 fully saturated rings. The van der Waals surface area contributed by atoms with E-state index in [9.17, 15) is 9.59 Å². The van der Waals surface area contributed by atoms with Gasteiger partial charge in [0.25, 0.3) is 0 Å². The highest BCUT2D eigenvalue weighted by molar-refractivity contribution is 5.95. The van der Waals surface area contributed by atoms with Gasteiger partial charge in [-0.2, -0.15) is 0 Å². The van der Waals surface area contributed by atoms with E-state index in [0.29, 0.717) is 12.2 Å². The molecule has 0 heterocycles. The summed E-state index contributed by atoms with van der Waals surface area (Å²) in [6.07, 6.45) is 4.70. The van der Waals surface area contributed by atoms with Crippen LogP contribution in [-0.4, -0.2) is 36.0 Å². The van der Waals surface area contributed by atoms with Crippen LogP contribution >= 0.6 is 0 Å². The number of hydrogen-bond donors (Lipinski definition) is 0. The van der Waals surface area contributed by atoms with Gasteiger partial charge in [0.1, 0.15) is 6.54 Å². The Morgan fingerprint density at radius 1 is 1.35 bits per heavy atom. The third-order valence-corrected chi connectivity index (χ3v) is 2.70. The van der Waals surface area contributed by atoms with Crippen LogP contribution in [-0.2, 0) is 14.3 Å². The summed E-state index contributed by atoms with van der Waals surface area (Å²) in [6, 6.07) is 0.229. The Labute approximate surface area is 103 Å². The van der Waals surface area contributed by atoms with E-state index in [0.717, 1.165) is 19.3 Å². The molecule has 0 aliphatic heterocycles. The van der Waals surface area contributed by atoms with Gasteiger partial charge in [-0.05, 0) is 33.1 Å². The minimum absolute atomic E-state index is 0.0394. The first-order valence-electron chi connectivity index (χ1n) is 6.23. The summed E-state index contributed by atoms with van der Waals surface area (Å²) < 4.78 is 4.89. The molecule has 0 aromatic rings. The molecule has 96 valence electrons. The van der Waals surface area contributed by atoms with Crippen LogP contribution in [0, 0.1) is 0 Å². The van der Waals surface area contributed by atoms with E-state index >= 15 is 0 Å². The summed E-state index contributed by atoms with van der Waals surface area (Å²) >= 11 is 0. The van der Waals surface area contributed by atoms with Crippen molar-refractivity contribution in [2.24, 2.45) is 0 Å². The van der Waals surface area contributed by atoms with Gasteiger partial charge in [-0.1, -0.05) is 13.0 Å². The lowest BCUT2D eigenvalue weighted by atomic mass is 10.2. The second kappa shape index (κ2) is 6.42. The van der Waals surface area contributed by atoms with E-state index in [1.807, 2.05) is 13.0 Å². The lowest BCUT2D eigenvalue weighted by molar-refractivity contribution is -0.148. The van der Waals surface area contributed by atoms with E-state index in [1.54, 1.807) is 18.7 Å². The first kappa shape index (κ1) is 13.7. The van der Waals surface area contributed by atoms with Gasteiger partial charge in [0.2, 0.25) is 5.91 Å². The van der Waals surface area contributed by atoms with Crippen molar-refractivity contribution in [3.8, 4) is 0 Å². The maximum atomic E-state index is 12.1. The van der Waals surface area contributed by atoms with E-state index in [4.69, 9.17) is 4.74 Å². The Kier molecular flexibility index (Phi) is 5.19. The Hall–Kier alpha value is -1.32. The van der Waals surface area contributed by atoms with Gasteiger partial charge >= 0.3 is 5.97 Å². The molecule has 0 spiro atoms. The van der Waals surface area contributed by atoms with Crippen LogP contribution < -0.4 is 0 Å². The molecule has 1 aliphatic carbocycles. The molecule has 0 atom stereocenters. The number of ether oxygens (including phenoxy) is 1. The molecule has 0 saturated heterocycles. The molecule has 0 bridgehead atoms. The van der Waals surface area contributed by atoms with Crippen molar-refractivity contribution in [3.63, 3.8) is 0 Å². The van der Waals surface area contributed by atoms with E-state index in [1.165, 1.54) is 0 Å². The highest BCUT2D eigenvalue weighted by atomic mass is 16.5. The van der Waals surface area contributed by atoms with Crippen molar-refractivity contribution in [2.45, 2.75) is 46.1 Å². The zero-order chi connectivity index (χ0) is 12.8. The topological polar surface area (TPSA) is 46.6 Å². The van der Waals surface area contributed by atoms with Gasteiger partial charge in [-0.25, -0.2) is 0 Å². The highest BCUT2D eigenvalue weighted by Gasteiger charge is 2.34. The van der Waals surface area contributed by atoms with Crippen LogP contribution in [0.3, 0.4) is 0 Å². The smallest absolute Gasteiger partial charge is 0.325 e. The van der Waals surface area contributed by atoms with Crippen molar-refractivity contribution in [3.05, 3.63) is 11.6 Å². The average molecular weight is 239 g/mol. The molecule has 0 N–H and O–H groups in total. The Balaban J connectivity index is 2.62.